The largest absolute Gasteiger partial charge is 0.497 e. The van der Waals surface area contributed by atoms with Crippen LogP contribution in [-0.2, 0) is 0 Å². The van der Waals surface area contributed by atoms with Gasteiger partial charge in [0, 0.05) is 12.0 Å². The Morgan fingerprint density at radius 1 is 1.15 bits per heavy atom. The van der Waals surface area contributed by atoms with Gasteiger partial charge in [0.1, 0.15) is 18.1 Å². The highest BCUT2D eigenvalue weighted by Crippen LogP contribution is 2.37. The second-order valence-electron chi connectivity index (χ2n) is 5.62. The second kappa shape index (κ2) is 8.67. The van der Waals surface area contributed by atoms with E-state index >= 15 is 0 Å². The Kier molecular flexibility index (Phi) is 6.07. The van der Waals surface area contributed by atoms with E-state index in [1.807, 2.05) is 24.3 Å². The summed E-state index contributed by atoms with van der Waals surface area (Å²) in [6.45, 7) is 1.78. The van der Waals surface area contributed by atoms with Gasteiger partial charge in [-0.1, -0.05) is 11.6 Å². The van der Waals surface area contributed by atoms with Crippen LogP contribution in [0, 0.1) is 0 Å². The summed E-state index contributed by atoms with van der Waals surface area (Å²) >= 11 is 6.21. The molecule has 0 saturated carbocycles. The Bertz CT molecular complexity index is 763. The molecule has 1 aliphatic rings. The number of rotatable bonds is 6. The lowest BCUT2D eigenvalue weighted by molar-refractivity contribution is 0.0946. The van der Waals surface area contributed by atoms with Crippen LogP contribution in [0.1, 0.15) is 16.8 Å². The van der Waals surface area contributed by atoms with Gasteiger partial charge in [0.2, 0.25) is 0 Å². The van der Waals surface area contributed by atoms with Crippen molar-refractivity contribution < 1.29 is 23.7 Å². The number of hydrogen-bond acceptors (Lipinski definition) is 5. The van der Waals surface area contributed by atoms with Crippen molar-refractivity contribution in [3.63, 3.8) is 0 Å². The minimum absolute atomic E-state index is 0.249. The number of benzene rings is 2. The lowest BCUT2D eigenvalue weighted by atomic mass is 10.2. The molecular weight excluding hydrogens is 358 g/mol. The molecule has 0 atom stereocenters. The Labute approximate surface area is 157 Å². The van der Waals surface area contributed by atoms with E-state index in [1.165, 1.54) is 0 Å². The fraction of sp³-hybridized carbons (Fsp3) is 0.316. The third kappa shape index (κ3) is 4.52. The van der Waals surface area contributed by atoms with Crippen LogP contribution in [-0.4, -0.2) is 39.4 Å². The molecule has 1 heterocycles. The molecule has 6 nitrogen and oxygen atoms in total. The number of hydrogen-bond donors (Lipinski definition) is 1. The number of nitrogens with one attached hydrogen (secondary N) is 1. The molecule has 0 unspecified atom stereocenters. The zero-order valence-electron chi connectivity index (χ0n) is 14.4. The molecule has 1 N–H and O–H groups in total. The molecule has 0 bridgehead atoms. The molecule has 0 saturated heterocycles. The van der Waals surface area contributed by atoms with Crippen LogP contribution in [0.5, 0.6) is 23.0 Å². The third-order valence-electron chi connectivity index (χ3n) is 3.78. The molecule has 0 aliphatic carbocycles. The number of carbonyl (C=O) groups is 1. The van der Waals surface area contributed by atoms with Gasteiger partial charge in [0.05, 0.1) is 31.9 Å². The number of fused-ring (bicyclic) bond motifs is 1. The van der Waals surface area contributed by atoms with Crippen LogP contribution in [0.2, 0.25) is 5.02 Å². The first-order chi connectivity index (χ1) is 12.7. The van der Waals surface area contributed by atoms with Crippen LogP contribution in [0.4, 0.5) is 0 Å². The monoisotopic (exact) mass is 377 g/mol. The van der Waals surface area contributed by atoms with Crippen LogP contribution in [0.3, 0.4) is 0 Å². The molecule has 1 amide bonds. The van der Waals surface area contributed by atoms with Gasteiger partial charge in [0.15, 0.2) is 11.5 Å². The number of amides is 1. The number of methoxy groups -OCH3 is 1. The predicted molar refractivity (Wildman–Crippen MR) is 97.9 cm³/mol. The fourth-order valence-electron chi connectivity index (χ4n) is 2.47. The van der Waals surface area contributed by atoms with Crippen molar-refractivity contribution in [1.29, 1.82) is 0 Å². The molecule has 0 fully saturated rings. The fourth-order valence-corrected chi connectivity index (χ4v) is 2.73. The van der Waals surface area contributed by atoms with E-state index in [2.05, 4.69) is 5.32 Å². The highest BCUT2D eigenvalue weighted by molar-refractivity contribution is 6.32. The van der Waals surface area contributed by atoms with Gasteiger partial charge >= 0.3 is 0 Å². The lowest BCUT2D eigenvalue weighted by Gasteiger charge is -2.12. The van der Waals surface area contributed by atoms with Crippen molar-refractivity contribution in [3.8, 4) is 23.0 Å². The molecule has 0 aromatic heterocycles. The van der Waals surface area contributed by atoms with Gasteiger partial charge < -0.3 is 24.3 Å². The summed E-state index contributed by atoms with van der Waals surface area (Å²) in [4.78, 5) is 12.3. The summed E-state index contributed by atoms with van der Waals surface area (Å²) in [5.41, 5.74) is 0.420. The third-order valence-corrected chi connectivity index (χ3v) is 4.06. The maximum atomic E-state index is 12.3. The molecular formula is C19H20ClNO5. The number of halogens is 1. The molecule has 26 heavy (non-hydrogen) atoms. The average Bonchev–Trinajstić information content (AvgIpc) is 2.91. The smallest absolute Gasteiger partial charge is 0.251 e. The second-order valence-corrected chi connectivity index (χ2v) is 6.02. The number of carbonyl (C=O) groups excluding carboxylic acids is 1. The SMILES string of the molecule is COc1ccc(OCCNC(=O)c2cc(Cl)c3c(c2)OCCCO3)cc1. The van der Waals surface area contributed by atoms with Crippen molar-refractivity contribution in [3.05, 3.63) is 47.0 Å². The first-order valence-electron chi connectivity index (χ1n) is 8.31. The van der Waals surface area contributed by atoms with Gasteiger partial charge in [-0.15, -0.1) is 0 Å². The normalized spacial score (nSPS) is 12.8. The minimum Gasteiger partial charge on any atom is -0.497 e. The zero-order valence-corrected chi connectivity index (χ0v) is 15.2. The first kappa shape index (κ1) is 18.2. The Balaban J connectivity index is 1.53. The van der Waals surface area contributed by atoms with Gasteiger partial charge in [-0.3, -0.25) is 4.79 Å². The number of ether oxygens (including phenoxy) is 4. The predicted octanol–water partition coefficient (Wildman–Crippen LogP) is 3.32. The minimum atomic E-state index is -0.249. The summed E-state index contributed by atoms with van der Waals surface area (Å²) < 4.78 is 21.8. The van der Waals surface area contributed by atoms with Gasteiger partial charge in [-0.2, -0.15) is 0 Å². The summed E-state index contributed by atoms with van der Waals surface area (Å²) in [6, 6.07) is 10.5. The molecule has 3 rings (SSSR count). The van der Waals surface area contributed by atoms with Crippen molar-refractivity contribution >= 4 is 17.5 Å². The van der Waals surface area contributed by atoms with Crippen molar-refractivity contribution in [2.75, 3.05) is 33.5 Å². The van der Waals surface area contributed by atoms with E-state index in [0.717, 1.165) is 12.2 Å². The Hall–Kier alpha value is -2.60. The van der Waals surface area contributed by atoms with Gasteiger partial charge in [-0.05, 0) is 36.4 Å². The van der Waals surface area contributed by atoms with Crippen LogP contribution in [0.25, 0.3) is 0 Å². The summed E-state index contributed by atoms with van der Waals surface area (Å²) in [7, 11) is 1.61. The quantitative estimate of drug-likeness (QED) is 0.782. The Morgan fingerprint density at radius 3 is 2.65 bits per heavy atom. The highest BCUT2D eigenvalue weighted by Gasteiger charge is 2.18. The Morgan fingerprint density at radius 2 is 1.88 bits per heavy atom. The van der Waals surface area contributed by atoms with Gasteiger partial charge in [0.25, 0.3) is 5.91 Å². The molecule has 0 spiro atoms. The van der Waals surface area contributed by atoms with E-state index in [9.17, 15) is 4.79 Å². The van der Waals surface area contributed by atoms with E-state index < -0.39 is 0 Å². The summed E-state index contributed by atoms with van der Waals surface area (Å²) in [6.07, 6.45) is 0.773. The van der Waals surface area contributed by atoms with E-state index in [4.69, 9.17) is 30.5 Å². The van der Waals surface area contributed by atoms with Crippen molar-refractivity contribution in [1.82, 2.24) is 5.32 Å². The lowest BCUT2D eigenvalue weighted by Crippen LogP contribution is -2.28. The molecule has 2 aromatic carbocycles. The molecule has 138 valence electrons. The standard InChI is InChI=1S/C19H20ClNO5/c1-23-14-3-5-15(6-4-14)24-10-7-21-19(22)13-11-16(20)18-17(12-13)25-8-2-9-26-18/h3-6,11-12H,2,7-10H2,1H3,(H,21,22). The molecule has 2 aromatic rings. The maximum Gasteiger partial charge on any atom is 0.251 e. The van der Waals surface area contributed by atoms with E-state index in [-0.39, 0.29) is 5.91 Å². The van der Waals surface area contributed by atoms with Crippen LogP contribution in [0.15, 0.2) is 36.4 Å². The molecule has 1 aliphatic heterocycles. The zero-order chi connectivity index (χ0) is 18.4. The first-order valence-corrected chi connectivity index (χ1v) is 8.69. The molecule has 0 radical (unpaired) electrons. The average molecular weight is 378 g/mol. The van der Waals surface area contributed by atoms with Crippen LogP contribution < -0.4 is 24.3 Å². The highest BCUT2D eigenvalue weighted by atomic mass is 35.5. The van der Waals surface area contributed by atoms with Crippen molar-refractivity contribution in [2.45, 2.75) is 6.42 Å². The summed E-state index contributed by atoms with van der Waals surface area (Å²) in [5, 5.41) is 3.16. The van der Waals surface area contributed by atoms with Gasteiger partial charge in [-0.25, -0.2) is 0 Å². The molecule has 7 heteroatoms. The van der Waals surface area contributed by atoms with E-state index in [1.54, 1.807) is 19.2 Å². The maximum absolute atomic E-state index is 12.3. The summed E-state index contributed by atoms with van der Waals surface area (Å²) in [5.74, 6) is 2.20. The topological polar surface area (TPSA) is 66.0 Å². The van der Waals surface area contributed by atoms with E-state index in [0.29, 0.717) is 54.2 Å². The van der Waals surface area contributed by atoms with Crippen molar-refractivity contribution in [2.24, 2.45) is 0 Å². The van der Waals surface area contributed by atoms with Crippen LogP contribution >= 0.6 is 11.6 Å².